The molecule has 8 nitrogen and oxygen atoms in total. The monoisotopic (exact) mass is 555 g/mol. The van der Waals surface area contributed by atoms with Crippen LogP contribution in [0.1, 0.15) is 67.6 Å². The van der Waals surface area contributed by atoms with Gasteiger partial charge in [0.1, 0.15) is 11.4 Å². The number of aryl methyl sites for hydroxylation is 1. The number of carbonyl (C=O) groups is 2. The molecule has 2 amide bonds. The average Bonchev–Trinajstić information content (AvgIpc) is 3.35. The lowest BCUT2D eigenvalue weighted by Crippen LogP contribution is -2.47. The molecule has 2 aromatic rings. The lowest BCUT2D eigenvalue weighted by molar-refractivity contribution is -0.138. The van der Waals surface area contributed by atoms with Gasteiger partial charge in [-0.2, -0.15) is 13.9 Å². The molecule has 40 heavy (non-hydrogen) atoms. The first kappa shape index (κ1) is 27.9. The van der Waals surface area contributed by atoms with E-state index in [1.807, 2.05) is 39.8 Å². The third-order valence-electron chi connectivity index (χ3n) is 7.98. The van der Waals surface area contributed by atoms with E-state index < -0.39 is 17.6 Å². The highest BCUT2D eigenvalue weighted by molar-refractivity contribution is 6.20. The van der Waals surface area contributed by atoms with Gasteiger partial charge in [0.25, 0.3) is 11.8 Å². The van der Waals surface area contributed by atoms with Crippen LogP contribution in [0.4, 0.5) is 8.78 Å². The Bertz CT molecular complexity index is 1380. The molecule has 1 fully saturated rings. The number of nitrogens with zero attached hydrogens (tertiary/aromatic N) is 3. The number of hydrogen-bond donors (Lipinski definition) is 0. The summed E-state index contributed by atoms with van der Waals surface area (Å²) in [4.78, 5) is 28.6. The van der Waals surface area contributed by atoms with Crippen LogP contribution in [0.25, 0.3) is 0 Å². The van der Waals surface area contributed by atoms with Crippen molar-refractivity contribution < 1.29 is 32.6 Å². The standard InChI is InChI=1S/C30H35F2N3O5/c1-17-7-8-19(39-28(31)32)15-21(17)26(36)34-13-11-18(12-14-34)35-27(37)30(4,5)25(33-35)20-9-10-23(38-6)24-22(20)16-29(2,3)40-24/h7-10,15,18,28H,11-14,16H2,1-6H3. The number of amides is 2. The van der Waals surface area contributed by atoms with E-state index in [4.69, 9.17) is 14.6 Å². The van der Waals surface area contributed by atoms with E-state index in [1.54, 1.807) is 30.0 Å². The Morgan fingerprint density at radius 2 is 1.82 bits per heavy atom. The average molecular weight is 556 g/mol. The van der Waals surface area contributed by atoms with Crippen molar-refractivity contribution in [2.75, 3.05) is 20.2 Å². The molecule has 0 saturated carbocycles. The number of hydrazone groups is 1. The Labute approximate surface area is 232 Å². The van der Waals surface area contributed by atoms with Gasteiger partial charge in [-0.25, -0.2) is 5.01 Å². The zero-order chi connectivity index (χ0) is 29.0. The molecule has 3 heterocycles. The number of hydrogen-bond acceptors (Lipinski definition) is 6. The van der Waals surface area contributed by atoms with Crippen LogP contribution in [0.15, 0.2) is 35.4 Å². The van der Waals surface area contributed by atoms with Gasteiger partial charge in [0.05, 0.1) is 24.3 Å². The Balaban J connectivity index is 1.35. The molecule has 0 radical (unpaired) electrons. The van der Waals surface area contributed by atoms with Crippen molar-refractivity contribution >= 4 is 17.5 Å². The van der Waals surface area contributed by atoms with E-state index in [0.29, 0.717) is 60.7 Å². The van der Waals surface area contributed by atoms with Gasteiger partial charge < -0.3 is 19.1 Å². The van der Waals surface area contributed by atoms with Gasteiger partial charge in [0.2, 0.25) is 0 Å². The summed E-state index contributed by atoms with van der Waals surface area (Å²) in [7, 11) is 1.61. The molecule has 0 spiro atoms. The van der Waals surface area contributed by atoms with Crippen LogP contribution in [0, 0.1) is 12.3 Å². The molecule has 0 atom stereocenters. The number of rotatable bonds is 6. The summed E-state index contributed by atoms with van der Waals surface area (Å²) in [5.41, 5.74) is 2.33. The summed E-state index contributed by atoms with van der Waals surface area (Å²) in [5, 5.41) is 6.49. The molecule has 214 valence electrons. The highest BCUT2D eigenvalue weighted by Crippen LogP contribution is 2.46. The first-order valence-electron chi connectivity index (χ1n) is 13.5. The van der Waals surface area contributed by atoms with Gasteiger partial charge in [-0.05, 0) is 77.3 Å². The minimum atomic E-state index is -2.97. The highest BCUT2D eigenvalue weighted by atomic mass is 19.3. The van der Waals surface area contributed by atoms with Crippen molar-refractivity contribution in [1.29, 1.82) is 0 Å². The maximum atomic E-state index is 13.7. The SMILES string of the molecule is COc1ccc(C2=NN(C3CCN(C(=O)c4cc(OC(F)F)ccc4C)CC3)C(=O)C2(C)C)c2c1OC(C)(C)C2. The lowest BCUT2D eigenvalue weighted by Gasteiger charge is -2.35. The molecular weight excluding hydrogens is 520 g/mol. The normalized spacial score (nSPS) is 19.9. The maximum Gasteiger partial charge on any atom is 0.387 e. The zero-order valence-corrected chi connectivity index (χ0v) is 23.7. The number of carbonyl (C=O) groups excluding carboxylic acids is 2. The van der Waals surface area contributed by atoms with Crippen molar-refractivity contribution in [3.8, 4) is 17.2 Å². The number of alkyl halides is 2. The van der Waals surface area contributed by atoms with Crippen LogP contribution in [-0.2, 0) is 11.2 Å². The molecule has 3 aliphatic heterocycles. The topological polar surface area (TPSA) is 80.7 Å². The van der Waals surface area contributed by atoms with Crippen LogP contribution in [0.2, 0.25) is 0 Å². The highest BCUT2D eigenvalue weighted by Gasteiger charge is 2.48. The van der Waals surface area contributed by atoms with Gasteiger partial charge in [-0.1, -0.05) is 6.07 Å². The van der Waals surface area contributed by atoms with Crippen molar-refractivity contribution in [1.82, 2.24) is 9.91 Å². The fourth-order valence-corrected chi connectivity index (χ4v) is 5.81. The van der Waals surface area contributed by atoms with Crippen LogP contribution in [-0.4, -0.2) is 65.9 Å². The molecule has 5 rings (SSSR count). The number of ether oxygens (including phenoxy) is 3. The molecule has 3 aliphatic rings. The Morgan fingerprint density at radius 1 is 1.12 bits per heavy atom. The summed E-state index contributed by atoms with van der Waals surface area (Å²) < 4.78 is 41.6. The molecule has 0 N–H and O–H groups in total. The minimum absolute atomic E-state index is 0.0515. The number of piperidine rings is 1. The van der Waals surface area contributed by atoms with E-state index in [-0.39, 0.29) is 23.6 Å². The largest absolute Gasteiger partial charge is 0.493 e. The fraction of sp³-hybridized carbons (Fsp3) is 0.500. The quantitative estimate of drug-likeness (QED) is 0.490. The first-order chi connectivity index (χ1) is 18.8. The van der Waals surface area contributed by atoms with Crippen molar-refractivity contribution in [2.45, 2.75) is 72.1 Å². The van der Waals surface area contributed by atoms with Crippen molar-refractivity contribution in [2.24, 2.45) is 10.5 Å². The van der Waals surface area contributed by atoms with E-state index in [2.05, 4.69) is 4.74 Å². The van der Waals surface area contributed by atoms with Gasteiger partial charge in [0, 0.05) is 36.2 Å². The minimum Gasteiger partial charge on any atom is -0.493 e. The predicted octanol–water partition coefficient (Wildman–Crippen LogP) is 5.20. The second kappa shape index (κ2) is 10.1. The van der Waals surface area contributed by atoms with E-state index >= 15 is 0 Å². The van der Waals surface area contributed by atoms with Crippen molar-refractivity contribution in [3.63, 3.8) is 0 Å². The Morgan fingerprint density at radius 3 is 2.48 bits per heavy atom. The number of methoxy groups -OCH3 is 1. The maximum absolute atomic E-state index is 13.7. The summed E-state index contributed by atoms with van der Waals surface area (Å²) >= 11 is 0. The number of likely N-dealkylation sites (tertiary alicyclic amines) is 1. The number of benzene rings is 2. The first-order valence-corrected chi connectivity index (χ1v) is 13.5. The van der Waals surface area contributed by atoms with Crippen LogP contribution < -0.4 is 14.2 Å². The molecule has 2 aromatic carbocycles. The van der Waals surface area contributed by atoms with Crippen LogP contribution >= 0.6 is 0 Å². The smallest absolute Gasteiger partial charge is 0.387 e. The van der Waals surface area contributed by atoms with Crippen LogP contribution in [0.5, 0.6) is 17.2 Å². The second-order valence-corrected chi connectivity index (χ2v) is 11.8. The van der Waals surface area contributed by atoms with E-state index in [1.165, 1.54) is 12.1 Å². The fourth-order valence-electron chi connectivity index (χ4n) is 5.81. The molecule has 0 aliphatic carbocycles. The Kier molecular flexibility index (Phi) is 7.00. The van der Waals surface area contributed by atoms with Crippen LogP contribution in [0.3, 0.4) is 0 Å². The second-order valence-electron chi connectivity index (χ2n) is 11.8. The molecule has 0 unspecified atom stereocenters. The summed E-state index contributed by atoms with van der Waals surface area (Å²) in [6.45, 7) is 7.45. The summed E-state index contributed by atoms with van der Waals surface area (Å²) in [6.07, 6.45) is 1.77. The lowest BCUT2D eigenvalue weighted by atomic mass is 9.80. The Hall–Kier alpha value is -3.69. The van der Waals surface area contributed by atoms with Gasteiger partial charge in [-0.15, -0.1) is 0 Å². The summed E-state index contributed by atoms with van der Waals surface area (Å²) in [6, 6.07) is 8.02. The molecular formula is C30H35F2N3O5. The van der Waals surface area contributed by atoms with Gasteiger partial charge in [-0.3, -0.25) is 9.59 Å². The van der Waals surface area contributed by atoms with Gasteiger partial charge in [0.15, 0.2) is 11.5 Å². The molecule has 10 heteroatoms. The molecule has 0 bridgehead atoms. The number of fused-ring (bicyclic) bond motifs is 1. The van der Waals surface area contributed by atoms with Gasteiger partial charge >= 0.3 is 6.61 Å². The summed E-state index contributed by atoms with van der Waals surface area (Å²) in [5.74, 6) is 0.971. The third-order valence-corrected chi connectivity index (χ3v) is 7.98. The predicted molar refractivity (Wildman–Crippen MR) is 145 cm³/mol. The molecule has 1 saturated heterocycles. The third kappa shape index (κ3) is 4.88. The number of halogens is 2. The van der Waals surface area contributed by atoms with Crippen molar-refractivity contribution in [3.05, 3.63) is 52.6 Å². The zero-order valence-electron chi connectivity index (χ0n) is 23.7. The molecule has 0 aromatic heterocycles. The van der Waals surface area contributed by atoms with E-state index in [0.717, 1.165) is 11.1 Å². The van der Waals surface area contributed by atoms with E-state index in [9.17, 15) is 18.4 Å².